The molecule has 1 fully saturated rings. The van der Waals surface area contributed by atoms with E-state index in [0.29, 0.717) is 13.0 Å². The number of aliphatic hydroxyl groups excluding tert-OH is 1. The van der Waals surface area contributed by atoms with Gasteiger partial charge in [0.2, 0.25) is 11.8 Å². The number of nitrogens with one attached hydrogen (secondary N) is 1. The summed E-state index contributed by atoms with van der Waals surface area (Å²) in [5.41, 5.74) is 3.31. The van der Waals surface area contributed by atoms with E-state index in [9.17, 15) is 14.7 Å². The molecule has 2 N–H and O–H groups in total. The third-order valence-electron chi connectivity index (χ3n) is 5.18. The Labute approximate surface area is 186 Å². The van der Waals surface area contributed by atoms with Crippen molar-refractivity contribution in [3.63, 3.8) is 0 Å². The fourth-order valence-corrected chi connectivity index (χ4v) is 3.38. The van der Waals surface area contributed by atoms with Crippen LogP contribution in [0.2, 0.25) is 0 Å². The number of benzene rings is 2. The van der Waals surface area contributed by atoms with E-state index in [-0.39, 0.29) is 30.4 Å². The fraction of sp³-hybridized carbons (Fsp3) is 0.440. The summed E-state index contributed by atoms with van der Waals surface area (Å²) in [5.74, 6) is 1.17. The van der Waals surface area contributed by atoms with Crippen molar-refractivity contribution in [3.8, 4) is 16.9 Å². The molecule has 3 rings (SSSR count). The lowest BCUT2D eigenvalue weighted by molar-refractivity contribution is -0.142. The van der Waals surface area contributed by atoms with Gasteiger partial charge in [0.15, 0.2) is 0 Å². The second kappa shape index (κ2) is 13.4. The van der Waals surface area contributed by atoms with Crippen LogP contribution in [0.5, 0.6) is 5.75 Å². The van der Waals surface area contributed by atoms with E-state index in [1.807, 2.05) is 45.0 Å². The third-order valence-corrected chi connectivity index (χ3v) is 5.18. The standard InChI is InChI=1S/C20H23NO3.C3H7NO.C2H6/c1-3-20(23)21-12-17(18(21)13-22)15-10-8-14(9-11-15)16-6-4-5-7-19(16)24-2;1-3(5)4-2;1-2/h4-11,17-18,22H,3,12-13H2,1-2H3;1-2H3,(H,4,5);1-2H3. The predicted octanol–water partition coefficient (Wildman–Crippen LogP) is 3.84. The van der Waals surface area contributed by atoms with Crippen molar-refractivity contribution in [1.82, 2.24) is 10.2 Å². The Morgan fingerprint density at radius 2 is 1.71 bits per heavy atom. The van der Waals surface area contributed by atoms with Gasteiger partial charge in [-0.3, -0.25) is 9.59 Å². The zero-order valence-electron chi connectivity index (χ0n) is 19.5. The molecule has 0 aliphatic carbocycles. The van der Waals surface area contributed by atoms with Crippen LogP contribution < -0.4 is 10.1 Å². The van der Waals surface area contributed by atoms with Gasteiger partial charge >= 0.3 is 0 Å². The van der Waals surface area contributed by atoms with E-state index in [1.54, 1.807) is 19.1 Å². The topological polar surface area (TPSA) is 78.9 Å². The molecule has 0 radical (unpaired) electrons. The highest BCUT2D eigenvalue weighted by Crippen LogP contribution is 2.36. The Kier molecular flexibility index (Phi) is 11.4. The van der Waals surface area contributed by atoms with Gasteiger partial charge in [-0.05, 0) is 17.2 Å². The van der Waals surface area contributed by atoms with Crippen molar-refractivity contribution in [2.45, 2.75) is 46.1 Å². The molecule has 31 heavy (non-hydrogen) atoms. The molecule has 2 amide bonds. The molecule has 1 saturated heterocycles. The first-order chi connectivity index (χ1) is 15.0. The molecule has 2 aromatic rings. The van der Waals surface area contributed by atoms with Crippen molar-refractivity contribution in [1.29, 1.82) is 0 Å². The first-order valence-electron chi connectivity index (χ1n) is 10.8. The smallest absolute Gasteiger partial charge is 0.222 e. The lowest BCUT2D eigenvalue weighted by Crippen LogP contribution is -2.58. The first-order valence-corrected chi connectivity index (χ1v) is 10.8. The quantitative estimate of drug-likeness (QED) is 0.758. The van der Waals surface area contributed by atoms with Crippen LogP contribution >= 0.6 is 0 Å². The second-order valence-electron chi connectivity index (χ2n) is 6.88. The molecule has 0 spiro atoms. The molecular formula is C25H36N2O4. The monoisotopic (exact) mass is 428 g/mol. The minimum atomic E-state index is -0.102. The molecule has 1 heterocycles. The van der Waals surface area contributed by atoms with Crippen LogP contribution in [0.25, 0.3) is 11.1 Å². The molecule has 2 unspecified atom stereocenters. The van der Waals surface area contributed by atoms with Crippen LogP contribution in [0.3, 0.4) is 0 Å². The highest BCUT2D eigenvalue weighted by atomic mass is 16.5. The van der Waals surface area contributed by atoms with E-state index < -0.39 is 0 Å². The van der Waals surface area contributed by atoms with Gasteiger partial charge in [-0.15, -0.1) is 0 Å². The van der Waals surface area contributed by atoms with Gasteiger partial charge in [0, 0.05) is 38.4 Å². The van der Waals surface area contributed by atoms with Crippen molar-refractivity contribution < 1.29 is 19.4 Å². The average molecular weight is 429 g/mol. The summed E-state index contributed by atoms with van der Waals surface area (Å²) in [4.78, 5) is 23.3. The van der Waals surface area contributed by atoms with E-state index in [2.05, 4.69) is 29.6 Å². The van der Waals surface area contributed by atoms with Gasteiger partial charge in [0.25, 0.3) is 0 Å². The normalized spacial score (nSPS) is 16.5. The Balaban J connectivity index is 0.000000605. The number of aliphatic hydroxyl groups is 1. The number of methoxy groups -OCH3 is 1. The highest BCUT2D eigenvalue weighted by Gasteiger charge is 2.41. The zero-order chi connectivity index (χ0) is 23.4. The maximum absolute atomic E-state index is 11.9. The van der Waals surface area contributed by atoms with E-state index in [1.165, 1.54) is 6.92 Å². The van der Waals surface area contributed by atoms with Gasteiger partial charge in [-0.25, -0.2) is 0 Å². The number of nitrogens with zero attached hydrogens (tertiary/aromatic N) is 1. The number of ether oxygens (including phenoxy) is 1. The Morgan fingerprint density at radius 3 is 2.19 bits per heavy atom. The molecular weight excluding hydrogens is 392 g/mol. The Morgan fingerprint density at radius 1 is 1.13 bits per heavy atom. The van der Waals surface area contributed by atoms with Crippen LogP contribution in [0.1, 0.15) is 45.6 Å². The van der Waals surface area contributed by atoms with Crippen LogP contribution in [0, 0.1) is 0 Å². The molecule has 2 aromatic carbocycles. The summed E-state index contributed by atoms with van der Waals surface area (Å²) in [7, 11) is 3.27. The number of para-hydroxylation sites is 1. The number of hydrogen-bond donors (Lipinski definition) is 2. The van der Waals surface area contributed by atoms with Crippen LogP contribution in [-0.4, -0.2) is 55.2 Å². The molecule has 2 atom stereocenters. The number of likely N-dealkylation sites (tertiary alicyclic amines) is 1. The number of hydrogen-bond acceptors (Lipinski definition) is 4. The maximum atomic E-state index is 11.9. The molecule has 0 saturated carbocycles. The number of carbonyl (C=O) groups excluding carboxylic acids is 2. The fourth-order valence-electron chi connectivity index (χ4n) is 3.38. The molecule has 1 aliphatic rings. The van der Waals surface area contributed by atoms with Gasteiger partial charge < -0.3 is 20.1 Å². The van der Waals surface area contributed by atoms with Gasteiger partial charge in [0.05, 0.1) is 19.8 Å². The first kappa shape index (κ1) is 26.2. The third kappa shape index (κ3) is 6.82. The predicted molar refractivity (Wildman–Crippen MR) is 125 cm³/mol. The number of rotatable bonds is 5. The SMILES string of the molecule is CC.CCC(=O)N1CC(c2ccc(-c3ccccc3OC)cc2)C1CO.CNC(C)=O. The molecule has 6 nitrogen and oxygen atoms in total. The minimum absolute atomic E-state index is 0.00463. The second-order valence-corrected chi connectivity index (χ2v) is 6.88. The zero-order valence-corrected chi connectivity index (χ0v) is 19.5. The van der Waals surface area contributed by atoms with Gasteiger partial charge in [-0.1, -0.05) is 63.2 Å². The Hall–Kier alpha value is -2.86. The molecule has 0 bridgehead atoms. The largest absolute Gasteiger partial charge is 0.496 e. The summed E-state index contributed by atoms with van der Waals surface area (Å²) < 4.78 is 5.42. The maximum Gasteiger partial charge on any atom is 0.222 e. The van der Waals surface area contributed by atoms with Crippen molar-refractivity contribution >= 4 is 11.8 Å². The van der Waals surface area contributed by atoms with Crippen LogP contribution in [0.4, 0.5) is 0 Å². The summed E-state index contributed by atoms with van der Waals surface area (Å²) in [6.07, 6.45) is 0.482. The summed E-state index contributed by atoms with van der Waals surface area (Å²) in [6, 6.07) is 16.2. The van der Waals surface area contributed by atoms with Crippen molar-refractivity contribution in [2.75, 3.05) is 27.3 Å². The van der Waals surface area contributed by atoms with Crippen LogP contribution in [-0.2, 0) is 9.59 Å². The Bertz CT molecular complexity index is 821. The average Bonchev–Trinajstić information content (AvgIpc) is 2.80. The highest BCUT2D eigenvalue weighted by molar-refractivity contribution is 5.77. The van der Waals surface area contributed by atoms with E-state index >= 15 is 0 Å². The summed E-state index contributed by atoms with van der Waals surface area (Å²) >= 11 is 0. The van der Waals surface area contributed by atoms with E-state index in [4.69, 9.17) is 4.74 Å². The number of amides is 2. The molecule has 170 valence electrons. The van der Waals surface area contributed by atoms with Gasteiger partial charge in [-0.2, -0.15) is 0 Å². The minimum Gasteiger partial charge on any atom is -0.496 e. The molecule has 0 aromatic heterocycles. The summed E-state index contributed by atoms with van der Waals surface area (Å²) in [5, 5.41) is 12.0. The lowest BCUT2D eigenvalue weighted by atomic mass is 9.82. The number of carbonyl (C=O) groups is 2. The summed E-state index contributed by atoms with van der Waals surface area (Å²) in [6.45, 7) is 8.02. The lowest BCUT2D eigenvalue weighted by Gasteiger charge is -2.47. The molecule has 1 aliphatic heterocycles. The van der Waals surface area contributed by atoms with Crippen molar-refractivity contribution in [3.05, 3.63) is 54.1 Å². The van der Waals surface area contributed by atoms with E-state index in [0.717, 1.165) is 22.4 Å². The molecule has 6 heteroatoms. The van der Waals surface area contributed by atoms with Crippen molar-refractivity contribution in [2.24, 2.45) is 0 Å². The van der Waals surface area contributed by atoms with Crippen LogP contribution in [0.15, 0.2) is 48.5 Å². The van der Waals surface area contributed by atoms with Gasteiger partial charge in [0.1, 0.15) is 5.75 Å².